The van der Waals surface area contributed by atoms with Gasteiger partial charge in [0.05, 0.1) is 6.04 Å². The van der Waals surface area contributed by atoms with Crippen LogP contribution in [0, 0.1) is 0 Å². The van der Waals surface area contributed by atoms with E-state index < -0.39 is 0 Å². The molecule has 2 aromatic carbocycles. The molecule has 1 unspecified atom stereocenters. The lowest BCUT2D eigenvalue weighted by Crippen LogP contribution is -2.18. The number of benzene rings is 2. The summed E-state index contributed by atoms with van der Waals surface area (Å²) in [7, 11) is 0. The molecule has 0 radical (unpaired) electrons. The van der Waals surface area contributed by atoms with E-state index in [9.17, 15) is 0 Å². The second-order valence-electron chi connectivity index (χ2n) is 4.52. The fraction of sp³-hybridized carbons (Fsp3) is 0.200. The van der Waals surface area contributed by atoms with E-state index in [1.165, 1.54) is 21.3 Å². The first kappa shape index (κ1) is 12.1. The summed E-state index contributed by atoms with van der Waals surface area (Å²) in [5, 5.41) is 4.42. The topological polar surface area (TPSA) is 12.0 Å². The lowest BCUT2D eigenvalue weighted by Gasteiger charge is -2.28. The number of rotatable bonds is 1. The van der Waals surface area contributed by atoms with Gasteiger partial charge in [-0.15, -0.1) is 0 Å². The average molecular weight is 323 g/mol. The summed E-state index contributed by atoms with van der Waals surface area (Å²) in [4.78, 5) is 0. The molecule has 0 amide bonds. The summed E-state index contributed by atoms with van der Waals surface area (Å²) in [5.41, 5.74) is 3.76. The maximum atomic E-state index is 6.27. The maximum absolute atomic E-state index is 6.27. The van der Waals surface area contributed by atoms with Gasteiger partial charge in [-0.05, 0) is 42.2 Å². The van der Waals surface area contributed by atoms with E-state index >= 15 is 0 Å². The lowest BCUT2D eigenvalue weighted by atomic mass is 9.93. The highest BCUT2D eigenvalue weighted by Gasteiger charge is 2.21. The zero-order chi connectivity index (χ0) is 12.5. The van der Waals surface area contributed by atoms with Gasteiger partial charge in [0.1, 0.15) is 0 Å². The van der Waals surface area contributed by atoms with Gasteiger partial charge in [0.25, 0.3) is 0 Å². The van der Waals surface area contributed by atoms with Crippen LogP contribution in [0.3, 0.4) is 0 Å². The van der Waals surface area contributed by atoms with Crippen LogP contribution in [0.4, 0.5) is 5.69 Å². The van der Waals surface area contributed by atoms with Crippen LogP contribution in [0.1, 0.15) is 23.6 Å². The Kier molecular flexibility index (Phi) is 3.31. The molecular weight excluding hydrogens is 310 g/mol. The van der Waals surface area contributed by atoms with Crippen molar-refractivity contribution in [3.8, 4) is 0 Å². The van der Waals surface area contributed by atoms with Gasteiger partial charge in [0, 0.05) is 15.2 Å². The highest BCUT2D eigenvalue weighted by molar-refractivity contribution is 9.10. The van der Waals surface area contributed by atoms with Gasteiger partial charge in [0.15, 0.2) is 0 Å². The number of hydrogen-bond acceptors (Lipinski definition) is 1. The van der Waals surface area contributed by atoms with Crippen LogP contribution in [0.25, 0.3) is 0 Å². The van der Waals surface area contributed by atoms with Crippen molar-refractivity contribution in [3.63, 3.8) is 0 Å². The van der Waals surface area contributed by atoms with Crippen molar-refractivity contribution in [1.29, 1.82) is 0 Å². The first-order valence-electron chi connectivity index (χ1n) is 6.04. The lowest BCUT2D eigenvalue weighted by molar-refractivity contribution is 0.666. The van der Waals surface area contributed by atoms with Crippen molar-refractivity contribution >= 4 is 33.2 Å². The molecule has 0 bridgehead atoms. The van der Waals surface area contributed by atoms with Crippen LogP contribution in [0.2, 0.25) is 5.02 Å². The second-order valence-corrected chi connectivity index (χ2v) is 5.78. The predicted octanol–water partition coefficient (Wildman–Crippen LogP) is 5.20. The molecule has 18 heavy (non-hydrogen) atoms. The number of halogens is 2. The predicted molar refractivity (Wildman–Crippen MR) is 80.3 cm³/mol. The van der Waals surface area contributed by atoms with Crippen molar-refractivity contribution in [2.24, 2.45) is 0 Å². The Morgan fingerprint density at radius 3 is 2.78 bits per heavy atom. The summed E-state index contributed by atoms with van der Waals surface area (Å²) >= 11 is 9.87. The third kappa shape index (κ3) is 2.15. The largest absolute Gasteiger partial charge is 0.378 e. The highest BCUT2D eigenvalue weighted by Crippen LogP contribution is 2.37. The minimum Gasteiger partial charge on any atom is -0.378 e. The molecule has 2 aromatic rings. The Hall–Kier alpha value is -0.990. The molecule has 92 valence electrons. The fourth-order valence-corrected chi connectivity index (χ4v) is 3.32. The highest BCUT2D eigenvalue weighted by atomic mass is 79.9. The molecule has 0 fully saturated rings. The molecule has 3 heteroatoms. The number of hydrogen-bond donors (Lipinski definition) is 1. The first-order chi connectivity index (χ1) is 8.75. The molecule has 3 rings (SSSR count). The van der Waals surface area contributed by atoms with Gasteiger partial charge >= 0.3 is 0 Å². The van der Waals surface area contributed by atoms with E-state index in [4.69, 9.17) is 11.6 Å². The first-order valence-corrected chi connectivity index (χ1v) is 7.21. The summed E-state index contributed by atoms with van der Waals surface area (Å²) < 4.78 is 1.19. The zero-order valence-electron chi connectivity index (χ0n) is 9.79. The van der Waals surface area contributed by atoms with Crippen LogP contribution in [-0.4, -0.2) is 0 Å². The van der Waals surface area contributed by atoms with Crippen LogP contribution < -0.4 is 5.32 Å². The average Bonchev–Trinajstić information content (AvgIpc) is 2.39. The molecular formula is C15H13BrClN. The molecule has 1 atom stereocenters. The normalized spacial score (nSPS) is 18.0. The zero-order valence-corrected chi connectivity index (χ0v) is 12.1. The second kappa shape index (κ2) is 4.94. The van der Waals surface area contributed by atoms with E-state index in [0.717, 1.165) is 17.9 Å². The number of anilines is 1. The molecule has 1 nitrogen and oxygen atoms in total. The van der Waals surface area contributed by atoms with E-state index in [1.54, 1.807) is 0 Å². The maximum Gasteiger partial charge on any atom is 0.0531 e. The van der Waals surface area contributed by atoms with Gasteiger partial charge in [-0.2, -0.15) is 0 Å². The van der Waals surface area contributed by atoms with Crippen molar-refractivity contribution in [3.05, 3.63) is 63.1 Å². The Morgan fingerprint density at radius 1 is 1.11 bits per heavy atom. The fourth-order valence-electron chi connectivity index (χ4n) is 2.49. The molecule has 0 saturated heterocycles. The van der Waals surface area contributed by atoms with Crippen LogP contribution in [-0.2, 0) is 6.42 Å². The third-order valence-corrected chi connectivity index (χ3v) is 4.50. The molecule has 1 aliphatic heterocycles. The Bertz CT molecular complexity index is 582. The third-order valence-electron chi connectivity index (χ3n) is 3.41. The van der Waals surface area contributed by atoms with Crippen LogP contribution >= 0.6 is 27.5 Å². The molecule has 1 heterocycles. The van der Waals surface area contributed by atoms with Crippen molar-refractivity contribution in [2.75, 3.05) is 5.32 Å². The van der Waals surface area contributed by atoms with Crippen molar-refractivity contribution in [2.45, 2.75) is 18.9 Å². The van der Waals surface area contributed by atoms with Crippen molar-refractivity contribution < 1.29 is 0 Å². The summed E-state index contributed by atoms with van der Waals surface area (Å²) in [6.45, 7) is 0. The Labute approximate surface area is 120 Å². The van der Waals surface area contributed by atoms with E-state index in [0.29, 0.717) is 6.04 Å². The van der Waals surface area contributed by atoms with Gasteiger partial charge < -0.3 is 5.32 Å². The van der Waals surface area contributed by atoms with Gasteiger partial charge in [-0.25, -0.2) is 0 Å². The Balaban J connectivity index is 1.94. The molecule has 0 aromatic heterocycles. The van der Waals surface area contributed by atoms with E-state index in [1.807, 2.05) is 18.2 Å². The van der Waals surface area contributed by atoms with Gasteiger partial charge in [-0.1, -0.05) is 51.8 Å². The van der Waals surface area contributed by atoms with Crippen LogP contribution in [0.15, 0.2) is 46.9 Å². The SMILES string of the molecule is Clc1ccccc1C1CCc2c(Br)cccc2N1. The quantitative estimate of drug-likeness (QED) is 0.760. The molecule has 1 N–H and O–H groups in total. The number of nitrogens with one attached hydrogen (secondary N) is 1. The molecule has 1 aliphatic rings. The minimum absolute atomic E-state index is 0.306. The number of fused-ring (bicyclic) bond motifs is 1. The van der Waals surface area contributed by atoms with Gasteiger partial charge in [0.2, 0.25) is 0 Å². The van der Waals surface area contributed by atoms with Crippen LogP contribution in [0.5, 0.6) is 0 Å². The van der Waals surface area contributed by atoms with E-state index in [2.05, 4.69) is 45.5 Å². The van der Waals surface area contributed by atoms with Gasteiger partial charge in [-0.3, -0.25) is 0 Å². The Morgan fingerprint density at radius 2 is 1.94 bits per heavy atom. The monoisotopic (exact) mass is 321 g/mol. The molecule has 0 aliphatic carbocycles. The van der Waals surface area contributed by atoms with E-state index in [-0.39, 0.29) is 0 Å². The minimum atomic E-state index is 0.306. The molecule has 0 spiro atoms. The van der Waals surface area contributed by atoms with Crippen molar-refractivity contribution in [1.82, 2.24) is 0 Å². The summed E-state index contributed by atoms with van der Waals surface area (Å²) in [6, 6.07) is 14.7. The summed E-state index contributed by atoms with van der Waals surface area (Å²) in [6.07, 6.45) is 2.14. The summed E-state index contributed by atoms with van der Waals surface area (Å²) in [5.74, 6) is 0. The smallest absolute Gasteiger partial charge is 0.0531 e. The molecule has 0 saturated carbocycles. The standard InChI is InChI=1S/C15H13BrClN/c16-12-5-3-7-14-10(12)8-9-15(18-14)11-4-1-2-6-13(11)17/h1-7,15,18H,8-9H2.